The van der Waals surface area contributed by atoms with Gasteiger partial charge in [-0.1, -0.05) is 36.6 Å². The van der Waals surface area contributed by atoms with Gasteiger partial charge in [-0.3, -0.25) is 11.3 Å². The van der Waals surface area contributed by atoms with Gasteiger partial charge >= 0.3 is 0 Å². The molecule has 0 heterocycles. The van der Waals surface area contributed by atoms with Crippen LogP contribution in [0, 0.1) is 19.8 Å². The fraction of sp³-hybridized carbons (Fsp3) is 0.600. The molecule has 2 nitrogen and oxygen atoms in total. The Labute approximate surface area is 105 Å². The smallest absolute Gasteiger partial charge is 0.0251 e. The third kappa shape index (κ3) is 3.83. The lowest BCUT2D eigenvalue weighted by molar-refractivity contribution is 0.461. The van der Waals surface area contributed by atoms with E-state index in [1.165, 1.54) is 42.4 Å². The molecule has 0 aliphatic heterocycles. The first-order chi connectivity index (χ1) is 8.19. The second kappa shape index (κ2) is 5.65. The first-order valence-corrected chi connectivity index (χ1v) is 6.71. The molecule has 94 valence electrons. The summed E-state index contributed by atoms with van der Waals surface area (Å²) in [5.74, 6) is 6.66. The zero-order valence-electron chi connectivity index (χ0n) is 11.0. The van der Waals surface area contributed by atoms with Crippen LogP contribution in [0.1, 0.15) is 42.4 Å². The number of benzene rings is 1. The second-order valence-electron chi connectivity index (χ2n) is 5.52. The number of hydrogen-bond acceptors (Lipinski definition) is 2. The van der Waals surface area contributed by atoms with Crippen molar-refractivity contribution in [1.29, 1.82) is 0 Å². The van der Waals surface area contributed by atoms with Gasteiger partial charge in [-0.2, -0.15) is 0 Å². The molecule has 0 amide bonds. The number of nitrogens with two attached hydrogens (primary N) is 1. The molecule has 2 rings (SSSR count). The molecule has 3 N–H and O–H groups in total. The fourth-order valence-electron chi connectivity index (χ4n) is 2.37. The minimum atomic E-state index is 0.427. The molecule has 0 spiro atoms. The minimum Gasteiger partial charge on any atom is -0.271 e. The molecule has 1 aliphatic carbocycles. The Morgan fingerprint density at radius 3 is 2.76 bits per heavy atom. The Kier molecular flexibility index (Phi) is 4.19. The minimum absolute atomic E-state index is 0.427. The van der Waals surface area contributed by atoms with E-state index >= 15 is 0 Å². The number of aryl methyl sites for hydroxylation is 2. The number of rotatable bonds is 6. The summed E-state index contributed by atoms with van der Waals surface area (Å²) in [7, 11) is 0. The van der Waals surface area contributed by atoms with Crippen LogP contribution in [0.5, 0.6) is 0 Å². The van der Waals surface area contributed by atoms with E-state index < -0.39 is 0 Å². The summed E-state index contributed by atoms with van der Waals surface area (Å²) in [5.41, 5.74) is 7.13. The van der Waals surface area contributed by atoms with Gasteiger partial charge in [0.2, 0.25) is 0 Å². The summed E-state index contributed by atoms with van der Waals surface area (Å²) < 4.78 is 0. The molecule has 2 heteroatoms. The summed E-state index contributed by atoms with van der Waals surface area (Å²) in [5, 5.41) is 0. The van der Waals surface area contributed by atoms with Crippen molar-refractivity contribution in [3.05, 3.63) is 34.9 Å². The van der Waals surface area contributed by atoms with Crippen molar-refractivity contribution in [1.82, 2.24) is 5.43 Å². The van der Waals surface area contributed by atoms with Crippen molar-refractivity contribution >= 4 is 0 Å². The first kappa shape index (κ1) is 12.6. The maximum atomic E-state index is 5.67. The molecule has 1 atom stereocenters. The molecule has 1 aromatic carbocycles. The zero-order valence-corrected chi connectivity index (χ0v) is 11.0. The lowest BCUT2D eigenvalue weighted by Crippen LogP contribution is -2.37. The highest BCUT2D eigenvalue weighted by atomic mass is 15.2. The highest BCUT2D eigenvalue weighted by Crippen LogP contribution is 2.34. The quantitative estimate of drug-likeness (QED) is 0.584. The predicted molar refractivity (Wildman–Crippen MR) is 72.7 cm³/mol. The van der Waals surface area contributed by atoms with Crippen molar-refractivity contribution in [2.75, 3.05) is 0 Å². The van der Waals surface area contributed by atoms with Crippen LogP contribution in [0.4, 0.5) is 0 Å². The summed E-state index contributed by atoms with van der Waals surface area (Å²) in [6.45, 7) is 4.33. The standard InChI is InChI=1S/C15H24N2/c1-11-3-4-12(2)14(9-11)10-15(17-16)8-7-13-5-6-13/h3-4,9,13,15,17H,5-8,10,16H2,1-2H3. The van der Waals surface area contributed by atoms with Gasteiger partial charge in [0.25, 0.3) is 0 Å². The topological polar surface area (TPSA) is 38.0 Å². The highest BCUT2D eigenvalue weighted by Gasteiger charge is 2.22. The van der Waals surface area contributed by atoms with Gasteiger partial charge in [0.1, 0.15) is 0 Å². The van der Waals surface area contributed by atoms with Crippen molar-refractivity contribution < 1.29 is 0 Å². The third-order valence-electron chi connectivity index (χ3n) is 3.83. The average molecular weight is 232 g/mol. The molecule has 1 unspecified atom stereocenters. The van der Waals surface area contributed by atoms with Crippen molar-refractivity contribution in [2.45, 2.75) is 52.0 Å². The van der Waals surface area contributed by atoms with Gasteiger partial charge in [0.15, 0.2) is 0 Å². The number of hydrogen-bond donors (Lipinski definition) is 2. The largest absolute Gasteiger partial charge is 0.271 e. The lowest BCUT2D eigenvalue weighted by Gasteiger charge is -2.17. The summed E-state index contributed by atoms with van der Waals surface area (Å²) in [6.07, 6.45) is 6.45. The van der Waals surface area contributed by atoms with Crippen LogP contribution in [-0.4, -0.2) is 6.04 Å². The van der Waals surface area contributed by atoms with Crippen LogP contribution < -0.4 is 11.3 Å². The maximum Gasteiger partial charge on any atom is 0.0251 e. The summed E-state index contributed by atoms with van der Waals surface area (Å²) >= 11 is 0. The molecule has 1 aliphatic rings. The molecule has 0 aromatic heterocycles. The van der Waals surface area contributed by atoms with Gasteiger partial charge in [0.05, 0.1) is 0 Å². The maximum absolute atomic E-state index is 5.67. The first-order valence-electron chi connectivity index (χ1n) is 6.71. The van der Waals surface area contributed by atoms with Gasteiger partial charge in [-0.05, 0) is 50.2 Å². The number of nitrogens with one attached hydrogen (secondary N) is 1. The Bertz CT molecular complexity index is 369. The van der Waals surface area contributed by atoms with E-state index in [0.29, 0.717) is 6.04 Å². The molecular weight excluding hydrogens is 208 g/mol. The Balaban J connectivity index is 1.93. The molecule has 1 aromatic rings. The zero-order chi connectivity index (χ0) is 12.3. The molecule has 1 fully saturated rings. The molecule has 1 saturated carbocycles. The van der Waals surface area contributed by atoms with Crippen LogP contribution in [0.15, 0.2) is 18.2 Å². The van der Waals surface area contributed by atoms with E-state index in [1.54, 1.807) is 0 Å². The van der Waals surface area contributed by atoms with Gasteiger partial charge in [-0.25, -0.2) is 0 Å². The van der Waals surface area contributed by atoms with Gasteiger partial charge < -0.3 is 0 Å². The van der Waals surface area contributed by atoms with E-state index in [-0.39, 0.29) is 0 Å². The average Bonchev–Trinajstić information content (AvgIpc) is 3.12. The Morgan fingerprint density at radius 1 is 1.35 bits per heavy atom. The monoisotopic (exact) mass is 232 g/mol. The van der Waals surface area contributed by atoms with E-state index in [2.05, 4.69) is 37.5 Å². The highest BCUT2D eigenvalue weighted by molar-refractivity contribution is 5.31. The van der Waals surface area contributed by atoms with Crippen molar-refractivity contribution in [3.63, 3.8) is 0 Å². The van der Waals surface area contributed by atoms with E-state index in [4.69, 9.17) is 5.84 Å². The second-order valence-corrected chi connectivity index (χ2v) is 5.52. The fourth-order valence-corrected chi connectivity index (χ4v) is 2.37. The SMILES string of the molecule is Cc1ccc(C)c(CC(CCC2CC2)NN)c1. The van der Waals surface area contributed by atoms with Crippen molar-refractivity contribution in [2.24, 2.45) is 11.8 Å². The van der Waals surface area contributed by atoms with Crippen molar-refractivity contribution in [3.8, 4) is 0 Å². The molecule has 0 saturated heterocycles. The van der Waals surface area contributed by atoms with Gasteiger partial charge in [0, 0.05) is 6.04 Å². The van der Waals surface area contributed by atoms with Crippen LogP contribution in [0.2, 0.25) is 0 Å². The summed E-state index contributed by atoms with van der Waals surface area (Å²) in [4.78, 5) is 0. The Morgan fingerprint density at radius 2 is 2.12 bits per heavy atom. The molecule has 0 bridgehead atoms. The van der Waals surface area contributed by atoms with Crippen LogP contribution in [0.25, 0.3) is 0 Å². The van der Waals surface area contributed by atoms with Gasteiger partial charge in [-0.15, -0.1) is 0 Å². The van der Waals surface area contributed by atoms with E-state index in [0.717, 1.165) is 12.3 Å². The molecule has 0 radical (unpaired) electrons. The lowest BCUT2D eigenvalue weighted by atomic mass is 9.96. The summed E-state index contributed by atoms with van der Waals surface area (Å²) in [6, 6.07) is 7.10. The molecular formula is C15H24N2. The third-order valence-corrected chi connectivity index (χ3v) is 3.83. The van der Waals surface area contributed by atoms with E-state index in [1.807, 2.05) is 0 Å². The normalized spacial score (nSPS) is 17.1. The van der Waals surface area contributed by atoms with Crippen LogP contribution in [0.3, 0.4) is 0 Å². The predicted octanol–water partition coefficient (Wildman–Crippen LogP) is 2.87. The molecule has 17 heavy (non-hydrogen) atoms. The van der Waals surface area contributed by atoms with Crippen LogP contribution >= 0.6 is 0 Å². The van der Waals surface area contributed by atoms with Crippen LogP contribution in [-0.2, 0) is 6.42 Å². The Hall–Kier alpha value is -0.860. The van der Waals surface area contributed by atoms with E-state index in [9.17, 15) is 0 Å². The number of hydrazine groups is 1.